The van der Waals surface area contributed by atoms with E-state index in [4.69, 9.17) is 0 Å². The summed E-state index contributed by atoms with van der Waals surface area (Å²) in [4.78, 5) is 16.7. The van der Waals surface area contributed by atoms with Gasteiger partial charge < -0.3 is 5.32 Å². The standard InChI is InChI=1S/C11H14F3N3O3S2/c1-17(7-2-3-22(19,20)6-7)4-9(18)16-10-15-8(5-21-10)11(12,13)14/h5,7H,2-4,6H2,1H3,(H,15,16,18). The van der Waals surface area contributed by atoms with Crippen LogP contribution >= 0.6 is 11.3 Å². The molecule has 11 heteroatoms. The fraction of sp³-hybridized carbons (Fsp3) is 0.636. The normalized spacial score (nSPS) is 21.2. The number of aromatic nitrogens is 1. The van der Waals surface area contributed by atoms with E-state index in [1.165, 1.54) is 0 Å². The van der Waals surface area contributed by atoms with Gasteiger partial charge in [-0.1, -0.05) is 0 Å². The van der Waals surface area contributed by atoms with E-state index >= 15 is 0 Å². The molecule has 1 amide bonds. The van der Waals surface area contributed by atoms with E-state index < -0.39 is 27.6 Å². The third kappa shape index (κ3) is 4.40. The van der Waals surface area contributed by atoms with Crippen molar-refractivity contribution in [2.75, 3.05) is 30.4 Å². The van der Waals surface area contributed by atoms with Gasteiger partial charge in [-0.25, -0.2) is 13.4 Å². The summed E-state index contributed by atoms with van der Waals surface area (Å²) in [7, 11) is -1.45. The number of amides is 1. The summed E-state index contributed by atoms with van der Waals surface area (Å²) in [5, 5.41) is 2.97. The summed E-state index contributed by atoms with van der Waals surface area (Å²) in [6.07, 6.45) is -4.10. The quantitative estimate of drug-likeness (QED) is 0.877. The van der Waals surface area contributed by atoms with Gasteiger partial charge in [0.1, 0.15) is 0 Å². The maximum Gasteiger partial charge on any atom is 0.434 e. The smallest absolute Gasteiger partial charge is 0.301 e. The minimum atomic E-state index is -4.55. The number of hydrogen-bond donors (Lipinski definition) is 1. The number of nitrogens with zero attached hydrogens (tertiary/aromatic N) is 2. The molecule has 1 aliphatic rings. The largest absolute Gasteiger partial charge is 0.434 e. The molecule has 1 fully saturated rings. The molecule has 6 nitrogen and oxygen atoms in total. The maximum absolute atomic E-state index is 12.4. The summed E-state index contributed by atoms with van der Waals surface area (Å²) in [5.41, 5.74) is -1.05. The maximum atomic E-state index is 12.4. The number of halogens is 3. The second-order valence-electron chi connectivity index (χ2n) is 5.06. The summed E-state index contributed by atoms with van der Waals surface area (Å²) in [6, 6.07) is -0.252. The van der Waals surface area contributed by atoms with Gasteiger partial charge in [-0.05, 0) is 13.5 Å². The summed E-state index contributed by atoms with van der Waals surface area (Å²) >= 11 is 0.686. The predicted molar refractivity (Wildman–Crippen MR) is 75.4 cm³/mol. The highest BCUT2D eigenvalue weighted by molar-refractivity contribution is 7.91. The molecule has 0 spiro atoms. The van der Waals surface area contributed by atoms with E-state index in [0.29, 0.717) is 17.8 Å². The molecule has 2 rings (SSSR count). The van der Waals surface area contributed by atoms with Crippen molar-refractivity contribution in [1.29, 1.82) is 0 Å². The van der Waals surface area contributed by atoms with Crippen LogP contribution in [-0.2, 0) is 20.8 Å². The number of thiazole rings is 1. The number of hydrogen-bond acceptors (Lipinski definition) is 6. The van der Waals surface area contributed by atoms with Crippen molar-refractivity contribution in [2.24, 2.45) is 0 Å². The molecule has 0 radical (unpaired) electrons. The van der Waals surface area contributed by atoms with Crippen LogP contribution in [0.4, 0.5) is 18.3 Å². The molecule has 0 saturated carbocycles. The van der Waals surface area contributed by atoms with Crippen molar-refractivity contribution < 1.29 is 26.4 Å². The number of carbonyl (C=O) groups is 1. The fourth-order valence-corrected chi connectivity index (χ4v) is 4.64. The Hall–Kier alpha value is -1.20. The Kier molecular flexibility index (Phi) is 4.78. The van der Waals surface area contributed by atoms with Crippen LogP contribution in [0.15, 0.2) is 5.38 Å². The van der Waals surface area contributed by atoms with Crippen LogP contribution in [0.1, 0.15) is 12.1 Å². The van der Waals surface area contributed by atoms with E-state index in [0.717, 1.165) is 5.38 Å². The highest BCUT2D eigenvalue weighted by atomic mass is 32.2. The first-order valence-electron chi connectivity index (χ1n) is 6.30. The van der Waals surface area contributed by atoms with Crippen molar-refractivity contribution in [2.45, 2.75) is 18.6 Å². The highest BCUT2D eigenvalue weighted by Gasteiger charge is 2.34. The third-order valence-electron chi connectivity index (χ3n) is 3.27. The minimum Gasteiger partial charge on any atom is -0.301 e. The van der Waals surface area contributed by atoms with Gasteiger partial charge in [0, 0.05) is 11.4 Å². The van der Waals surface area contributed by atoms with E-state index in [1.807, 2.05) is 0 Å². The molecule has 0 aromatic carbocycles. The van der Waals surface area contributed by atoms with Gasteiger partial charge in [0.25, 0.3) is 0 Å². The molecule has 124 valence electrons. The summed E-state index contributed by atoms with van der Waals surface area (Å²) in [6.45, 7) is -0.110. The second kappa shape index (κ2) is 6.13. The molecule has 0 bridgehead atoms. The number of likely N-dealkylation sites (N-methyl/N-ethyl adjacent to an activating group) is 1. The first-order chi connectivity index (χ1) is 10.1. The third-order valence-corrected chi connectivity index (χ3v) is 5.77. The molecule has 1 N–H and O–H groups in total. The lowest BCUT2D eigenvalue weighted by atomic mass is 10.2. The molecule has 1 aliphatic heterocycles. The molecule has 1 aromatic heterocycles. The lowest BCUT2D eigenvalue weighted by Gasteiger charge is -2.21. The molecular weight excluding hydrogens is 343 g/mol. The van der Waals surface area contributed by atoms with Gasteiger partial charge >= 0.3 is 6.18 Å². The van der Waals surface area contributed by atoms with Crippen molar-refractivity contribution >= 4 is 32.2 Å². The number of carbonyl (C=O) groups excluding carboxylic acids is 1. The second-order valence-corrected chi connectivity index (χ2v) is 8.14. The Bertz CT molecular complexity index is 657. The number of rotatable bonds is 4. The number of nitrogens with one attached hydrogen (secondary N) is 1. The Morgan fingerprint density at radius 2 is 2.23 bits per heavy atom. The van der Waals surface area contributed by atoms with Crippen molar-refractivity contribution in [3.05, 3.63) is 11.1 Å². The van der Waals surface area contributed by atoms with Gasteiger partial charge in [0.05, 0.1) is 18.1 Å². The monoisotopic (exact) mass is 357 g/mol. The van der Waals surface area contributed by atoms with Crippen LogP contribution in [0.2, 0.25) is 0 Å². The minimum absolute atomic E-state index is 0.00768. The zero-order chi connectivity index (χ0) is 16.5. The lowest BCUT2D eigenvalue weighted by Crippen LogP contribution is -2.38. The van der Waals surface area contributed by atoms with E-state index in [9.17, 15) is 26.4 Å². The van der Waals surface area contributed by atoms with Gasteiger partial charge in [-0.15, -0.1) is 11.3 Å². The first kappa shape index (κ1) is 17.2. The van der Waals surface area contributed by atoms with E-state index in [2.05, 4.69) is 10.3 Å². The van der Waals surface area contributed by atoms with Crippen molar-refractivity contribution in [1.82, 2.24) is 9.88 Å². The van der Waals surface area contributed by atoms with Gasteiger partial charge in [0.2, 0.25) is 5.91 Å². The van der Waals surface area contributed by atoms with Crippen molar-refractivity contribution in [3.63, 3.8) is 0 Å². The van der Waals surface area contributed by atoms with E-state index in [-0.39, 0.29) is 29.2 Å². The molecule has 1 unspecified atom stereocenters. The predicted octanol–water partition coefficient (Wildman–Crippen LogP) is 1.22. The topological polar surface area (TPSA) is 79.4 Å². The average molecular weight is 357 g/mol. The Morgan fingerprint density at radius 1 is 1.55 bits per heavy atom. The van der Waals surface area contributed by atoms with Crippen LogP contribution < -0.4 is 5.32 Å². The fourth-order valence-electron chi connectivity index (χ4n) is 2.10. The summed E-state index contributed by atoms with van der Waals surface area (Å²) < 4.78 is 59.9. The van der Waals surface area contributed by atoms with E-state index in [1.54, 1.807) is 11.9 Å². The number of sulfone groups is 1. The Labute approximate surface area is 129 Å². The Balaban J connectivity index is 1.89. The van der Waals surface area contributed by atoms with Crippen LogP contribution in [0.3, 0.4) is 0 Å². The molecule has 0 aliphatic carbocycles. The lowest BCUT2D eigenvalue weighted by molar-refractivity contribution is -0.140. The van der Waals surface area contributed by atoms with Gasteiger partial charge in [-0.2, -0.15) is 13.2 Å². The first-order valence-corrected chi connectivity index (χ1v) is 9.00. The molecule has 2 heterocycles. The highest BCUT2D eigenvalue weighted by Crippen LogP contribution is 2.31. The molecule has 22 heavy (non-hydrogen) atoms. The van der Waals surface area contributed by atoms with Crippen LogP contribution in [-0.4, -0.2) is 55.3 Å². The average Bonchev–Trinajstić information content (AvgIpc) is 2.94. The zero-order valence-electron chi connectivity index (χ0n) is 11.6. The SMILES string of the molecule is CN(CC(=O)Nc1nc(C(F)(F)F)cs1)C1CCS(=O)(=O)C1. The van der Waals surface area contributed by atoms with Gasteiger partial charge in [0.15, 0.2) is 20.7 Å². The van der Waals surface area contributed by atoms with Crippen LogP contribution in [0, 0.1) is 0 Å². The van der Waals surface area contributed by atoms with Crippen LogP contribution in [0.5, 0.6) is 0 Å². The molecule has 1 saturated heterocycles. The molecule has 1 aromatic rings. The van der Waals surface area contributed by atoms with Crippen molar-refractivity contribution in [3.8, 4) is 0 Å². The Morgan fingerprint density at radius 3 is 2.73 bits per heavy atom. The number of alkyl halides is 3. The zero-order valence-corrected chi connectivity index (χ0v) is 13.2. The number of anilines is 1. The summed E-state index contributed by atoms with van der Waals surface area (Å²) in [5.74, 6) is -0.452. The van der Waals surface area contributed by atoms with Gasteiger partial charge in [-0.3, -0.25) is 9.69 Å². The molecule has 1 atom stereocenters. The molecular formula is C11H14F3N3O3S2. The van der Waals surface area contributed by atoms with Crippen LogP contribution in [0.25, 0.3) is 0 Å².